The number of ether oxygens (including phenoxy) is 1. The summed E-state index contributed by atoms with van der Waals surface area (Å²) in [6.45, 7) is 3.52. The first-order chi connectivity index (χ1) is 8.29. The second-order valence-electron chi connectivity index (χ2n) is 3.69. The summed E-state index contributed by atoms with van der Waals surface area (Å²) in [5.41, 5.74) is 2.16. The molecular formula is C13H14BrNOS. The highest BCUT2D eigenvalue weighted by Gasteiger charge is 2.04. The van der Waals surface area contributed by atoms with E-state index >= 15 is 0 Å². The Morgan fingerprint density at radius 3 is 3.06 bits per heavy atom. The second-order valence-corrected chi connectivity index (χ2v) is 5.55. The van der Waals surface area contributed by atoms with Crippen LogP contribution in [0.3, 0.4) is 0 Å². The Hall–Kier alpha value is -0.710. The van der Waals surface area contributed by atoms with Crippen molar-refractivity contribution in [2.75, 3.05) is 6.61 Å². The Kier molecular flexibility index (Phi) is 4.71. The predicted molar refractivity (Wildman–Crippen MR) is 75.2 cm³/mol. The van der Waals surface area contributed by atoms with Crippen LogP contribution < -0.4 is 0 Å². The fourth-order valence-corrected chi connectivity index (χ4v) is 2.60. The first-order valence-electron chi connectivity index (χ1n) is 5.57. The Bertz CT molecular complexity index is 484. The van der Waals surface area contributed by atoms with Crippen LogP contribution in [0.1, 0.15) is 18.4 Å². The van der Waals surface area contributed by atoms with E-state index in [9.17, 15) is 0 Å². The third-order valence-corrected chi connectivity index (χ3v) is 3.56. The van der Waals surface area contributed by atoms with E-state index in [0.29, 0.717) is 6.61 Å². The molecule has 1 heterocycles. The fraction of sp³-hybridized carbons (Fsp3) is 0.308. The molecule has 0 saturated heterocycles. The van der Waals surface area contributed by atoms with Crippen LogP contribution in [0.2, 0.25) is 0 Å². The van der Waals surface area contributed by atoms with Crippen molar-refractivity contribution < 1.29 is 4.74 Å². The van der Waals surface area contributed by atoms with Gasteiger partial charge in [-0.05, 0) is 18.6 Å². The van der Waals surface area contributed by atoms with Gasteiger partial charge in [-0.15, -0.1) is 11.3 Å². The maximum atomic E-state index is 5.48. The van der Waals surface area contributed by atoms with Crippen LogP contribution in [0, 0.1) is 0 Å². The van der Waals surface area contributed by atoms with Crippen molar-refractivity contribution in [1.29, 1.82) is 0 Å². The molecule has 0 N–H and O–H groups in total. The van der Waals surface area contributed by atoms with Crippen molar-refractivity contribution in [3.8, 4) is 11.3 Å². The summed E-state index contributed by atoms with van der Waals surface area (Å²) < 4.78 is 6.56. The Balaban J connectivity index is 2.07. The molecular weight excluding hydrogens is 298 g/mol. The van der Waals surface area contributed by atoms with Crippen molar-refractivity contribution in [2.45, 2.75) is 20.0 Å². The molecule has 0 amide bonds. The fourth-order valence-electron chi connectivity index (χ4n) is 1.46. The van der Waals surface area contributed by atoms with Crippen molar-refractivity contribution in [2.24, 2.45) is 0 Å². The number of benzene rings is 1. The molecule has 90 valence electrons. The molecule has 0 aliphatic heterocycles. The van der Waals surface area contributed by atoms with Crippen LogP contribution >= 0.6 is 27.3 Å². The lowest BCUT2D eigenvalue weighted by molar-refractivity contribution is 0.121. The molecule has 17 heavy (non-hydrogen) atoms. The minimum atomic E-state index is 0.618. The zero-order chi connectivity index (χ0) is 12.1. The highest BCUT2D eigenvalue weighted by Crippen LogP contribution is 2.24. The molecule has 0 radical (unpaired) electrons. The van der Waals surface area contributed by atoms with E-state index in [-0.39, 0.29) is 0 Å². The van der Waals surface area contributed by atoms with Crippen LogP contribution in [0.5, 0.6) is 0 Å². The lowest BCUT2D eigenvalue weighted by Gasteiger charge is -1.98. The monoisotopic (exact) mass is 311 g/mol. The lowest BCUT2D eigenvalue weighted by Crippen LogP contribution is -1.93. The molecule has 0 aliphatic rings. The summed E-state index contributed by atoms with van der Waals surface area (Å²) >= 11 is 5.12. The van der Waals surface area contributed by atoms with Gasteiger partial charge in [0, 0.05) is 22.0 Å². The van der Waals surface area contributed by atoms with Gasteiger partial charge in [-0.1, -0.05) is 35.0 Å². The number of aromatic nitrogens is 1. The van der Waals surface area contributed by atoms with E-state index in [1.54, 1.807) is 11.3 Å². The molecule has 2 nitrogen and oxygen atoms in total. The molecule has 0 fully saturated rings. The van der Waals surface area contributed by atoms with Crippen LogP contribution in [0.15, 0.2) is 34.1 Å². The van der Waals surface area contributed by atoms with Gasteiger partial charge in [0.2, 0.25) is 0 Å². The van der Waals surface area contributed by atoms with Crippen LogP contribution in [0.25, 0.3) is 11.3 Å². The number of hydrogen-bond acceptors (Lipinski definition) is 3. The Labute approximate surface area is 114 Å². The molecule has 0 unspecified atom stereocenters. The highest BCUT2D eigenvalue weighted by atomic mass is 79.9. The first kappa shape index (κ1) is 12.7. The molecule has 0 saturated carbocycles. The zero-order valence-electron chi connectivity index (χ0n) is 9.65. The zero-order valence-corrected chi connectivity index (χ0v) is 12.1. The minimum Gasteiger partial charge on any atom is -0.374 e. The molecule has 0 spiro atoms. The summed E-state index contributed by atoms with van der Waals surface area (Å²) in [6, 6.07) is 8.18. The maximum Gasteiger partial charge on any atom is 0.119 e. The molecule has 0 aliphatic carbocycles. The van der Waals surface area contributed by atoms with Gasteiger partial charge >= 0.3 is 0 Å². The van der Waals surface area contributed by atoms with Gasteiger partial charge in [0.05, 0.1) is 12.3 Å². The van der Waals surface area contributed by atoms with Gasteiger partial charge in [0.25, 0.3) is 0 Å². The average molecular weight is 312 g/mol. The van der Waals surface area contributed by atoms with E-state index in [0.717, 1.165) is 33.8 Å². The maximum absolute atomic E-state index is 5.48. The third kappa shape index (κ3) is 3.63. The van der Waals surface area contributed by atoms with E-state index in [2.05, 4.69) is 45.4 Å². The first-order valence-corrected chi connectivity index (χ1v) is 7.25. The molecule has 1 aromatic carbocycles. The van der Waals surface area contributed by atoms with E-state index in [1.165, 1.54) is 0 Å². The standard InChI is InChI=1S/C13H14BrNOS/c1-2-6-16-8-13-15-12(9-17-13)10-4-3-5-11(14)7-10/h3-5,7,9H,2,6,8H2,1H3. The van der Waals surface area contributed by atoms with E-state index in [4.69, 9.17) is 4.74 Å². The van der Waals surface area contributed by atoms with Gasteiger partial charge < -0.3 is 4.74 Å². The number of rotatable bonds is 5. The normalized spacial score (nSPS) is 10.7. The smallest absolute Gasteiger partial charge is 0.119 e. The number of halogens is 1. The van der Waals surface area contributed by atoms with Gasteiger partial charge in [0.15, 0.2) is 0 Å². The summed E-state index contributed by atoms with van der Waals surface area (Å²) in [6.07, 6.45) is 1.05. The van der Waals surface area contributed by atoms with Gasteiger partial charge in [-0.25, -0.2) is 4.98 Å². The van der Waals surface area contributed by atoms with E-state index < -0.39 is 0 Å². The van der Waals surface area contributed by atoms with Crippen molar-refractivity contribution >= 4 is 27.3 Å². The average Bonchev–Trinajstić information content (AvgIpc) is 2.78. The van der Waals surface area contributed by atoms with Crippen LogP contribution in [0.4, 0.5) is 0 Å². The minimum absolute atomic E-state index is 0.618. The largest absolute Gasteiger partial charge is 0.374 e. The quantitative estimate of drug-likeness (QED) is 0.758. The molecule has 0 bridgehead atoms. The van der Waals surface area contributed by atoms with Crippen LogP contribution in [-0.4, -0.2) is 11.6 Å². The molecule has 0 atom stereocenters. The van der Waals surface area contributed by atoms with Crippen molar-refractivity contribution in [3.63, 3.8) is 0 Å². The predicted octanol–water partition coefficient (Wildman–Crippen LogP) is 4.50. The molecule has 2 rings (SSSR count). The highest BCUT2D eigenvalue weighted by molar-refractivity contribution is 9.10. The summed E-state index contributed by atoms with van der Waals surface area (Å²) in [5.74, 6) is 0. The molecule has 4 heteroatoms. The Morgan fingerprint density at radius 1 is 1.41 bits per heavy atom. The van der Waals surface area contributed by atoms with Gasteiger partial charge in [-0.2, -0.15) is 0 Å². The van der Waals surface area contributed by atoms with Crippen LogP contribution in [-0.2, 0) is 11.3 Å². The summed E-state index contributed by atoms with van der Waals surface area (Å²) in [4.78, 5) is 4.57. The van der Waals surface area contributed by atoms with Crippen molar-refractivity contribution in [3.05, 3.63) is 39.1 Å². The van der Waals surface area contributed by atoms with Gasteiger partial charge in [-0.3, -0.25) is 0 Å². The van der Waals surface area contributed by atoms with E-state index in [1.807, 2.05) is 12.1 Å². The van der Waals surface area contributed by atoms with Crippen molar-refractivity contribution in [1.82, 2.24) is 4.98 Å². The summed E-state index contributed by atoms with van der Waals surface area (Å²) in [5, 5.41) is 3.11. The number of thiazole rings is 1. The summed E-state index contributed by atoms with van der Waals surface area (Å²) in [7, 11) is 0. The van der Waals surface area contributed by atoms with Gasteiger partial charge in [0.1, 0.15) is 5.01 Å². The third-order valence-electron chi connectivity index (χ3n) is 2.25. The molecule has 1 aromatic heterocycles. The Morgan fingerprint density at radius 2 is 2.29 bits per heavy atom. The topological polar surface area (TPSA) is 22.1 Å². The number of hydrogen-bond donors (Lipinski definition) is 0. The SMILES string of the molecule is CCCOCc1nc(-c2cccc(Br)c2)cs1. The molecule has 2 aromatic rings. The second kappa shape index (κ2) is 6.28. The number of nitrogens with zero attached hydrogens (tertiary/aromatic N) is 1. The lowest BCUT2D eigenvalue weighted by atomic mass is 10.2.